The van der Waals surface area contributed by atoms with Gasteiger partial charge in [-0.05, 0) is 0 Å². The largest absolute Gasteiger partial charge is 0.312 e. The number of azo groups is 1. The predicted molar refractivity (Wildman–Crippen MR) is 27.1 cm³/mol. The van der Waals surface area contributed by atoms with E-state index in [1.54, 1.807) is 0 Å². The normalized spacial score (nSPS) is 15.6. The van der Waals surface area contributed by atoms with Crippen molar-refractivity contribution in [2.75, 3.05) is 0 Å². The molecule has 0 aromatic rings. The Hall–Kier alpha value is -1.52. The van der Waals surface area contributed by atoms with Gasteiger partial charge in [0.15, 0.2) is 5.82 Å². The number of carbonyl (C=O) groups is 2. The third-order valence-electron chi connectivity index (χ3n) is 0.723. The third kappa shape index (κ3) is 1.18. The summed E-state index contributed by atoms with van der Waals surface area (Å²) in [5.41, 5.74) is 0. The van der Waals surface area contributed by atoms with Gasteiger partial charge in [-0.2, -0.15) is 0 Å². The van der Waals surface area contributed by atoms with Crippen molar-refractivity contribution < 1.29 is 9.59 Å². The summed E-state index contributed by atoms with van der Waals surface area (Å²) in [6.07, 6.45) is 1.57. The van der Waals surface area contributed by atoms with E-state index in [1.165, 1.54) is 0 Å². The first kappa shape index (κ1) is 5.61. The quantitative estimate of drug-likeness (QED) is 0.508. The van der Waals surface area contributed by atoms with Gasteiger partial charge in [0.2, 0.25) is 6.41 Å². The van der Waals surface area contributed by atoms with Crippen LogP contribution in [0.3, 0.4) is 0 Å². The van der Waals surface area contributed by atoms with E-state index in [4.69, 9.17) is 0 Å². The van der Waals surface area contributed by atoms with Crippen LogP contribution < -0.4 is 5.32 Å². The molecule has 1 rings (SSSR count). The molecule has 0 radical (unpaired) electrons. The molecule has 5 heteroatoms. The second kappa shape index (κ2) is 2.17. The van der Waals surface area contributed by atoms with Crippen LogP contribution >= 0.6 is 0 Å². The summed E-state index contributed by atoms with van der Waals surface area (Å²) in [4.78, 5) is 19.9. The lowest BCUT2D eigenvalue weighted by molar-refractivity contribution is -0.113. The second-order valence-electron chi connectivity index (χ2n) is 1.33. The number of amides is 2. The number of nitrogens with zero attached hydrogens (tertiary/aromatic N) is 2. The SMILES string of the molecule is O=CNC1=CC(=O)N=N1. The highest BCUT2D eigenvalue weighted by Crippen LogP contribution is 2.00. The van der Waals surface area contributed by atoms with Gasteiger partial charge in [0.1, 0.15) is 0 Å². The van der Waals surface area contributed by atoms with Crippen LogP contribution in [0.4, 0.5) is 0 Å². The Balaban J connectivity index is 2.63. The Morgan fingerprint density at radius 3 is 2.78 bits per heavy atom. The van der Waals surface area contributed by atoms with Crippen molar-refractivity contribution >= 4 is 12.3 Å². The molecule has 46 valence electrons. The molecule has 0 aromatic carbocycles. The molecule has 0 saturated carbocycles. The maximum Gasteiger partial charge on any atom is 0.292 e. The molecule has 0 saturated heterocycles. The fraction of sp³-hybridized carbons (Fsp3) is 0. The number of hydrogen-bond acceptors (Lipinski definition) is 3. The molecule has 1 N–H and O–H groups in total. The fourth-order valence-electron chi connectivity index (χ4n) is 0.409. The Morgan fingerprint density at radius 2 is 2.33 bits per heavy atom. The molecule has 1 aliphatic heterocycles. The molecule has 1 heterocycles. The first-order valence-electron chi connectivity index (χ1n) is 2.20. The Kier molecular flexibility index (Phi) is 1.35. The number of nitrogens with one attached hydrogen (secondary N) is 1. The van der Waals surface area contributed by atoms with Crippen molar-refractivity contribution in [2.24, 2.45) is 10.2 Å². The van der Waals surface area contributed by atoms with E-state index in [1.807, 2.05) is 0 Å². The molecular weight excluding hydrogens is 122 g/mol. The highest BCUT2D eigenvalue weighted by atomic mass is 16.2. The highest BCUT2D eigenvalue weighted by molar-refractivity contribution is 5.90. The summed E-state index contributed by atoms with van der Waals surface area (Å²) < 4.78 is 0. The van der Waals surface area contributed by atoms with E-state index in [-0.39, 0.29) is 5.82 Å². The van der Waals surface area contributed by atoms with E-state index < -0.39 is 5.91 Å². The summed E-state index contributed by atoms with van der Waals surface area (Å²) in [7, 11) is 0. The van der Waals surface area contributed by atoms with Crippen LogP contribution in [0, 0.1) is 0 Å². The van der Waals surface area contributed by atoms with Gasteiger partial charge >= 0.3 is 0 Å². The van der Waals surface area contributed by atoms with Gasteiger partial charge in [0, 0.05) is 0 Å². The van der Waals surface area contributed by atoms with Crippen molar-refractivity contribution in [3.63, 3.8) is 0 Å². The predicted octanol–water partition coefficient (Wildman–Crippen LogP) is -0.434. The van der Waals surface area contributed by atoms with Crippen LogP contribution in [-0.2, 0) is 9.59 Å². The molecule has 1 aliphatic rings. The Labute approximate surface area is 50.5 Å². The van der Waals surface area contributed by atoms with E-state index >= 15 is 0 Å². The molecule has 0 aliphatic carbocycles. The lowest BCUT2D eigenvalue weighted by Crippen LogP contribution is -2.06. The third-order valence-corrected chi connectivity index (χ3v) is 0.723. The van der Waals surface area contributed by atoms with Gasteiger partial charge in [-0.3, -0.25) is 9.59 Å². The average molecular weight is 125 g/mol. The standard InChI is InChI=1S/C4H3N3O2/c8-2-5-3-1-4(9)7-6-3/h1-2H,(H,5,8). The molecule has 0 atom stereocenters. The van der Waals surface area contributed by atoms with Crippen LogP contribution in [0.1, 0.15) is 0 Å². The van der Waals surface area contributed by atoms with Crippen LogP contribution in [0.15, 0.2) is 22.1 Å². The first-order valence-corrected chi connectivity index (χ1v) is 2.20. The minimum Gasteiger partial charge on any atom is -0.312 e. The monoisotopic (exact) mass is 125 g/mol. The lowest BCUT2D eigenvalue weighted by atomic mass is 10.5. The van der Waals surface area contributed by atoms with Crippen molar-refractivity contribution in [1.82, 2.24) is 5.32 Å². The van der Waals surface area contributed by atoms with Gasteiger partial charge < -0.3 is 5.32 Å². The van der Waals surface area contributed by atoms with E-state index in [9.17, 15) is 9.59 Å². The van der Waals surface area contributed by atoms with Gasteiger partial charge in [0.25, 0.3) is 5.91 Å². The van der Waals surface area contributed by atoms with E-state index in [0.717, 1.165) is 6.08 Å². The van der Waals surface area contributed by atoms with Gasteiger partial charge in [-0.1, -0.05) is 0 Å². The smallest absolute Gasteiger partial charge is 0.292 e. The minimum absolute atomic E-state index is 0.190. The zero-order valence-corrected chi connectivity index (χ0v) is 4.37. The molecule has 2 amide bonds. The average Bonchev–Trinajstić information content (AvgIpc) is 2.17. The molecule has 0 spiro atoms. The van der Waals surface area contributed by atoms with Crippen molar-refractivity contribution in [2.45, 2.75) is 0 Å². The van der Waals surface area contributed by atoms with Gasteiger partial charge in [-0.15, -0.1) is 10.2 Å². The molecule has 0 bridgehead atoms. The van der Waals surface area contributed by atoms with Crippen LogP contribution in [0.5, 0.6) is 0 Å². The highest BCUT2D eigenvalue weighted by Gasteiger charge is 2.05. The van der Waals surface area contributed by atoms with Gasteiger partial charge in [0.05, 0.1) is 6.08 Å². The topological polar surface area (TPSA) is 70.9 Å². The van der Waals surface area contributed by atoms with E-state index in [2.05, 4.69) is 15.5 Å². The fourth-order valence-corrected chi connectivity index (χ4v) is 0.409. The zero-order chi connectivity index (χ0) is 6.69. The zero-order valence-electron chi connectivity index (χ0n) is 4.37. The molecular formula is C4H3N3O2. The maximum absolute atomic E-state index is 10.2. The minimum atomic E-state index is -0.445. The first-order chi connectivity index (χ1) is 4.33. The Bertz CT molecular complexity index is 206. The number of rotatable bonds is 2. The summed E-state index contributed by atoms with van der Waals surface area (Å²) in [6.45, 7) is 0. The number of carbonyl (C=O) groups excluding carboxylic acids is 2. The summed E-state index contributed by atoms with van der Waals surface area (Å²) >= 11 is 0. The Morgan fingerprint density at radius 1 is 1.56 bits per heavy atom. The summed E-state index contributed by atoms with van der Waals surface area (Å²) in [5.74, 6) is -0.255. The molecule has 0 unspecified atom stereocenters. The van der Waals surface area contributed by atoms with Gasteiger partial charge in [-0.25, -0.2) is 0 Å². The van der Waals surface area contributed by atoms with Crippen molar-refractivity contribution in [3.05, 3.63) is 11.9 Å². The maximum atomic E-state index is 10.2. The van der Waals surface area contributed by atoms with Crippen LogP contribution in [-0.4, -0.2) is 12.3 Å². The van der Waals surface area contributed by atoms with Crippen molar-refractivity contribution in [3.8, 4) is 0 Å². The summed E-state index contributed by atoms with van der Waals surface area (Å²) in [5, 5.41) is 8.58. The number of hydrogen-bond donors (Lipinski definition) is 1. The molecule has 9 heavy (non-hydrogen) atoms. The summed E-state index contributed by atoms with van der Waals surface area (Å²) in [6, 6.07) is 0. The molecule has 0 fully saturated rings. The molecule has 0 aromatic heterocycles. The van der Waals surface area contributed by atoms with E-state index in [0.29, 0.717) is 6.41 Å². The molecule has 5 nitrogen and oxygen atoms in total. The lowest BCUT2D eigenvalue weighted by Gasteiger charge is -1.85. The second-order valence-corrected chi connectivity index (χ2v) is 1.33. The van der Waals surface area contributed by atoms with Crippen LogP contribution in [0.2, 0.25) is 0 Å². The van der Waals surface area contributed by atoms with Crippen LogP contribution in [0.25, 0.3) is 0 Å². The van der Waals surface area contributed by atoms with Crippen molar-refractivity contribution in [1.29, 1.82) is 0 Å².